The van der Waals surface area contributed by atoms with Crippen molar-refractivity contribution in [3.63, 3.8) is 0 Å². The highest BCUT2D eigenvalue weighted by Gasteiger charge is 2.09. The molecule has 27 heavy (non-hydrogen) atoms. The molecule has 0 aliphatic carbocycles. The second-order valence-electron chi connectivity index (χ2n) is 5.84. The molecule has 0 bridgehead atoms. The molecule has 2 aromatic rings. The van der Waals surface area contributed by atoms with Crippen molar-refractivity contribution in [3.05, 3.63) is 59.4 Å². The van der Waals surface area contributed by atoms with Gasteiger partial charge in [-0.2, -0.15) is 0 Å². The molecule has 0 saturated carbocycles. The molecule has 2 aromatic carbocycles. The summed E-state index contributed by atoms with van der Waals surface area (Å²) in [6.07, 6.45) is 1.33. The van der Waals surface area contributed by atoms with Crippen molar-refractivity contribution in [2.24, 2.45) is 0 Å². The van der Waals surface area contributed by atoms with Crippen LogP contribution in [0.5, 0.6) is 11.5 Å². The number of halogens is 1. The van der Waals surface area contributed by atoms with Crippen LogP contribution in [0.4, 0.5) is 4.39 Å². The number of nitrogens with one attached hydrogen (secondary N) is 1. The Morgan fingerprint density at radius 1 is 1.19 bits per heavy atom. The summed E-state index contributed by atoms with van der Waals surface area (Å²) in [6.45, 7) is 0.730. The largest absolute Gasteiger partial charge is 0.496 e. The lowest BCUT2D eigenvalue weighted by atomic mass is 10.1. The Labute approximate surface area is 156 Å². The average molecular weight is 375 g/mol. The van der Waals surface area contributed by atoms with Gasteiger partial charge in [0.25, 0.3) is 0 Å². The number of aromatic carboxylic acids is 1. The van der Waals surface area contributed by atoms with Gasteiger partial charge in [-0.3, -0.25) is 4.79 Å². The molecule has 0 fully saturated rings. The first-order valence-corrected chi connectivity index (χ1v) is 8.55. The van der Waals surface area contributed by atoms with Gasteiger partial charge in [-0.15, -0.1) is 0 Å². The van der Waals surface area contributed by atoms with E-state index < -0.39 is 5.97 Å². The number of ether oxygens (including phenoxy) is 2. The number of carbonyl (C=O) groups is 2. The molecule has 0 spiro atoms. The lowest BCUT2D eigenvalue weighted by Gasteiger charge is -2.10. The third-order valence-electron chi connectivity index (χ3n) is 3.86. The van der Waals surface area contributed by atoms with Crippen molar-refractivity contribution in [1.82, 2.24) is 5.32 Å². The minimum atomic E-state index is -1.02. The Bertz CT molecular complexity index is 794. The van der Waals surface area contributed by atoms with E-state index in [2.05, 4.69) is 5.32 Å². The van der Waals surface area contributed by atoms with Crippen molar-refractivity contribution in [3.8, 4) is 11.5 Å². The Hall–Kier alpha value is -3.09. The van der Waals surface area contributed by atoms with Crippen LogP contribution in [-0.2, 0) is 11.2 Å². The van der Waals surface area contributed by atoms with E-state index in [9.17, 15) is 14.0 Å². The van der Waals surface area contributed by atoms with Crippen molar-refractivity contribution in [1.29, 1.82) is 0 Å². The van der Waals surface area contributed by atoms with Gasteiger partial charge in [0.2, 0.25) is 5.91 Å². The first-order chi connectivity index (χ1) is 13.0. The SMILES string of the molecule is COc1cc(C(=O)O)ccc1CCNC(=O)CCCOc1cccc(F)c1. The first kappa shape index (κ1) is 20.2. The number of hydrogen-bond donors (Lipinski definition) is 2. The van der Waals surface area contributed by atoms with E-state index in [4.69, 9.17) is 14.6 Å². The normalized spacial score (nSPS) is 10.3. The maximum absolute atomic E-state index is 13.0. The van der Waals surface area contributed by atoms with Crippen molar-refractivity contribution in [2.45, 2.75) is 19.3 Å². The second-order valence-corrected chi connectivity index (χ2v) is 5.84. The third kappa shape index (κ3) is 6.62. The summed E-state index contributed by atoms with van der Waals surface area (Å²) < 4.78 is 23.6. The topological polar surface area (TPSA) is 84.9 Å². The Kier molecular flexibility index (Phi) is 7.61. The zero-order valence-corrected chi connectivity index (χ0v) is 15.0. The second kappa shape index (κ2) is 10.2. The average Bonchev–Trinajstić information content (AvgIpc) is 2.65. The van der Waals surface area contributed by atoms with Crippen LogP contribution >= 0.6 is 0 Å². The van der Waals surface area contributed by atoms with Crippen LogP contribution in [0, 0.1) is 5.82 Å². The smallest absolute Gasteiger partial charge is 0.335 e. The molecular weight excluding hydrogens is 353 g/mol. The van der Waals surface area contributed by atoms with Crippen molar-refractivity contribution >= 4 is 11.9 Å². The molecule has 0 heterocycles. The predicted octanol–water partition coefficient (Wildman–Crippen LogP) is 3.05. The van der Waals surface area contributed by atoms with E-state index in [0.717, 1.165) is 5.56 Å². The maximum Gasteiger partial charge on any atom is 0.335 e. The number of rotatable bonds is 10. The van der Waals surface area contributed by atoms with Gasteiger partial charge in [0.1, 0.15) is 17.3 Å². The molecule has 0 saturated heterocycles. The first-order valence-electron chi connectivity index (χ1n) is 8.55. The lowest BCUT2D eigenvalue weighted by molar-refractivity contribution is -0.121. The zero-order chi connectivity index (χ0) is 19.6. The Morgan fingerprint density at radius 3 is 2.70 bits per heavy atom. The quantitative estimate of drug-likeness (QED) is 0.624. The standard InChI is InChI=1S/C20H22FNO5/c1-26-18-12-15(20(24)25)8-7-14(18)9-10-22-19(23)6-3-11-27-17-5-2-4-16(21)13-17/h2,4-5,7-8,12-13H,3,6,9-11H2,1H3,(H,22,23)(H,24,25). The van der Waals surface area contributed by atoms with Gasteiger partial charge in [0.05, 0.1) is 19.3 Å². The molecule has 0 unspecified atom stereocenters. The fraction of sp³-hybridized carbons (Fsp3) is 0.300. The molecule has 0 aromatic heterocycles. The van der Waals surface area contributed by atoms with Gasteiger partial charge in [0.15, 0.2) is 0 Å². The number of methoxy groups -OCH3 is 1. The van der Waals surface area contributed by atoms with Crippen LogP contribution in [-0.4, -0.2) is 37.2 Å². The molecular formula is C20H22FNO5. The molecule has 2 N–H and O–H groups in total. The summed E-state index contributed by atoms with van der Waals surface area (Å²) in [7, 11) is 1.47. The Morgan fingerprint density at radius 2 is 2.00 bits per heavy atom. The van der Waals surface area contributed by atoms with E-state index in [0.29, 0.717) is 43.9 Å². The van der Waals surface area contributed by atoms with Crippen molar-refractivity contribution < 1.29 is 28.6 Å². The molecule has 144 valence electrons. The van der Waals surface area contributed by atoms with Crippen LogP contribution in [0.3, 0.4) is 0 Å². The van der Waals surface area contributed by atoms with Gasteiger partial charge in [-0.05, 0) is 42.7 Å². The molecule has 0 radical (unpaired) electrons. The molecule has 7 heteroatoms. The summed E-state index contributed by atoms with van der Waals surface area (Å²) in [5, 5.41) is 11.8. The minimum Gasteiger partial charge on any atom is -0.496 e. The fourth-order valence-corrected chi connectivity index (χ4v) is 2.49. The zero-order valence-electron chi connectivity index (χ0n) is 15.0. The molecule has 6 nitrogen and oxygen atoms in total. The van der Waals surface area contributed by atoms with E-state index in [1.807, 2.05) is 0 Å². The number of benzene rings is 2. The monoisotopic (exact) mass is 375 g/mol. The van der Waals surface area contributed by atoms with E-state index in [1.54, 1.807) is 18.2 Å². The number of hydrogen-bond acceptors (Lipinski definition) is 4. The maximum atomic E-state index is 13.0. The van der Waals surface area contributed by atoms with Gasteiger partial charge in [0, 0.05) is 19.0 Å². The molecule has 0 aliphatic heterocycles. The number of amides is 1. The molecule has 2 rings (SSSR count). The van der Waals surface area contributed by atoms with E-state index in [1.165, 1.54) is 31.4 Å². The highest BCUT2D eigenvalue weighted by atomic mass is 19.1. The van der Waals surface area contributed by atoms with Crippen LogP contribution in [0.1, 0.15) is 28.8 Å². The summed E-state index contributed by atoms with van der Waals surface area (Å²) in [5.74, 6) is -0.579. The lowest BCUT2D eigenvalue weighted by Crippen LogP contribution is -2.26. The van der Waals surface area contributed by atoms with E-state index >= 15 is 0 Å². The number of carbonyl (C=O) groups excluding carboxylic acids is 1. The predicted molar refractivity (Wildman–Crippen MR) is 97.8 cm³/mol. The third-order valence-corrected chi connectivity index (χ3v) is 3.86. The minimum absolute atomic E-state index is 0.112. The van der Waals surface area contributed by atoms with Gasteiger partial charge >= 0.3 is 5.97 Å². The van der Waals surface area contributed by atoms with Crippen LogP contribution in [0.2, 0.25) is 0 Å². The molecule has 0 atom stereocenters. The highest BCUT2D eigenvalue weighted by Crippen LogP contribution is 2.20. The summed E-state index contributed by atoms with van der Waals surface area (Å²) >= 11 is 0. The highest BCUT2D eigenvalue weighted by molar-refractivity contribution is 5.88. The van der Waals surface area contributed by atoms with Crippen LogP contribution in [0.25, 0.3) is 0 Å². The molecule has 1 amide bonds. The van der Waals surface area contributed by atoms with Gasteiger partial charge < -0.3 is 19.9 Å². The van der Waals surface area contributed by atoms with Crippen molar-refractivity contribution in [2.75, 3.05) is 20.3 Å². The van der Waals surface area contributed by atoms with Gasteiger partial charge in [-0.25, -0.2) is 9.18 Å². The van der Waals surface area contributed by atoms with Gasteiger partial charge in [-0.1, -0.05) is 12.1 Å². The fourth-order valence-electron chi connectivity index (χ4n) is 2.49. The summed E-state index contributed by atoms with van der Waals surface area (Å²) in [4.78, 5) is 22.8. The van der Waals surface area contributed by atoms with Crippen LogP contribution < -0.4 is 14.8 Å². The summed E-state index contributed by atoms with van der Waals surface area (Å²) in [5.41, 5.74) is 0.968. The van der Waals surface area contributed by atoms with E-state index in [-0.39, 0.29) is 17.3 Å². The Balaban J connectivity index is 1.69. The van der Waals surface area contributed by atoms with Crippen LogP contribution in [0.15, 0.2) is 42.5 Å². The number of carboxylic acids is 1. The number of carboxylic acid groups (broad SMARTS) is 1. The molecule has 0 aliphatic rings. The summed E-state index contributed by atoms with van der Waals surface area (Å²) in [6, 6.07) is 10.5.